The van der Waals surface area contributed by atoms with Crippen LogP contribution >= 0.6 is 0 Å². The number of nitrogens with zero attached hydrogens (tertiary/aromatic N) is 1. The van der Waals surface area contributed by atoms with Crippen LogP contribution in [0.2, 0.25) is 0 Å². The van der Waals surface area contributed by atoms with Crippen LogP contribution in [-0.4, -0.2) is 28.9 Å². The minimum Gasteiger partial charge on any atom is -0.549 e. The van der Waals surface area contributed by atoms with E-state index >= 15 is 0 Å². The van der Waals surface area contributed by atoms with Gasteiger partial charge in [0.2, 0.25) is 0 Å². The summed E-state index contributed by atoms with van der Waals surface area (Å²) in [4.78, 5) is 15.5. The summed E-state index contributed by atoms with van der Waals surface area (Å²) in [5.74, 6) is -1.15. The van der Waals surface area contributed by atoms with E-state index in [4.69, 9.17) is 0 Å². The quantitative estimate of drug-likeness (QED) is 0.508. The molecular formula is C15H18NNaO4. The molecule has 1 aliphatic carbocycles. The molecule has 0 amide bonds. The largest absolute Gasteiger partial charge is 1.00 e. The summed E-state index contributed by atoms with van der Waals surface area (Å²) in [5.41, 5.74) is -0.423. The number of aliphatic carboxylic acids is 1. The first-order valence-corrected chi connectivity index (χ1v) is 6.77. The Morgan fingerprint density at radius 3 is 2.52 bits per heavy atom. The Kier molecular flexibility index (Phi) is 6.71. The van der Waals surface area contributed by atoms with Gasteiger partial charge in [-0.2, -0.15) is 0 Å². The summed E-state index contributed by atoms with van der Waals surface area (Å²) < 4.78 is 0. The van der Waals surface area contributed by atoms with E-state index in [2.05, 4.69) is 4.99 Å². The van der Waals surface area contributed by atoms with E-state index in [0.717, 1.165) is 19.3 Å². The van der Waals surface area contributed by atoms with Gasteiger partial charge in [0.05, 0.1) is 0 Å². The van der Waals surface area contributed by atoms with Gasteiger partial charge < -0.3 is 20.1 Å². The van der Waals surface area contributed by atoms with E-state index in [1.54, 1.807) is 0 Å². The molecule has 0 unspecified atom stereocenters. The average molecular weight is 299 g/mol. The molecule has 1 saturated carbocycles. The zero-order chi connectivity index (χ0) is 14.6. The van der Waals surface area contributed by atoms with E-state index in [9.17, 15) is 20.1 Å². The molecule has 6 heteroatoms. The first-order chi connectivity index (χ1) is 9.53. The number of carboxylic acid groups (broad SMARTS) is 1. The van der Waals surface area contributed by atoms with Crippen LogP contribution in [-0.2, 0) is 4.79 Å². The molecule has 0 aromatic heterocycles. The second kappa shape index (κ2) is 7.82. The number of carbonyl (C=O) groups excluding carboxylic acids is 1. The number of carboxylic acids is 1. The van der Waals surface area contributed by atoms with Crippen molar-refractivity contribution in [3.63, 3.8) is 0 Å². The Hall–Kier alpha value is -1.04. The second-order valence-electron chi connectivity index (χ2n) is 5.34. The molecule has 0 heterocycles. The van der Waals surface area contributed by atoms with Gasteiger partial charge in [-0.1, -0.05) is 19.3 Å². The molecule has 108 valence electrons. The monoisotopic (exact) mass is 299 g/mol. The number of benzene rings is 1. The van der Waals surface area contributed by atoms with Gasteiger partial charge in [-0.25, -0.2) is 0 Å². The van der Waals surface area contributed by atoms with E-state index in [-0.39, 0.29) is 47.6 Å². The number of rotatable bonds is 4. The van der Waals surface area contributed by atoms with E-state index in [1.807, 2.05) is 0 Å². The predicted molar refractivity (Wildman–Crippen MR) is 72.8 cm³/mol. The standard InChI is InChI=1S/C15H19NO4.Na/c17-12-5-4-11(13(18)8-12)9-16-10-15(14(19)20)6-2-1-3-7-15;/h4-5,8-9,17-18H,1-3,6-7,10H2,(H,19,20);/q;+1/p-1. The summed E-state index contributed by atoms with van der Waals surface area (Å²) in [7, 11) is 0. The number of phenolic OH excluding ortho intramolecular Hbond substituents is 2. The van der Waals surface area contributed by atoms with Crippen LogP contribution in [0, 0.1) is 5.41 Å². The summed E-state index contributed by atoms with van der Waals surface area (Å²) >= 11 is 0. The Morgan fingerprint density at radius 1 is 1.29 bits per heavy atom. The van der Waals surface area contributed by atoms with Gasteiger partial charge >= 0.3 is 29.6 Å². The zero-order valence-corrected chi connectivity index (χ0v) is 14.2. The first kappa shape index (κ1) is 18.0. The van der Waals surface area contributed by atoms with Crippen molar-refractivity contribution in [2.24, 2.45) is 10.4 Å². The molecule has 0 saturated heterocycles. The summed E-state index contributed by atoms with van der Waals surface area (Å²) in [6.07, 6.45) is 5.44. The molecule has 1 aromatic rings. The van der Waals surface area contributed by atoms with Crippen molar-refractivity contribution in [1.82, 2.24) is 0 Å². The Balaban J connectivity index is 0.00000220. The van der Waals surface area contributed by atoms with Gasteiger partial charge in [0.1, 0.15) is 11.5 Å². The Labute approximate surface area is 146 Å². The smallest absolute Gasteiger partial charge is 0.549 e. The summed E-state index contributed by atoms with van der Waals surface area (Å²) in [5, 5.41) is 30.2. The predicted octanol–water partition coefficient (Wildman–Crippen LogP) is -1.78. The minimum atomic E-state index is -1.04. The molecule has 0 atom stereocenters. The molecule has 1 aromatic carbocycles. The van der Waals surface area contributed by atoms with Gasteiger partial charge in [0.15, 0.2) is 0 Å². The normalized spacial score (nSPS) is 17.3. The molecule has 2 rings (SSSR count). The van der Waals surface area contributed by atoms with Crippen molar-refractivity contribution in [3.8, 4) is 11.5 Å². The van der Waals surface area contributed by atoms with Crippen LogP contribution in [0.5, 0.6) is 11.5 Å². The van der Waals surface area contributed by atoms with Crippen LogP contribution < -0.4 is 34.7 Å². The molecule has 2 N–H and O–H groups in total. The van der Waals surface area contributed by atoms with Gasteiger partial charge in [0.25, 0.3) is 0 Å². The maximum absolute atomic E-state index is 11.4. The van der Waals surface area contributed by atoms with Gasteiger partial charge in [-0.15, -0.1) is 0 Å². The van der Waals surface area contributed by atoms with Gasteiger partial charge in [-0.3, -0.25) is 4.99 Å². The third-order valence-electron chi connectivity index (χ3n) is 3.88. The van der Waals surface area contributed by atoms with Crippen molar-refractivity contribution in [2.75, 3.05) is 6.54 Å². The molecule has 21 heavy (non-hydrogen) atoms. The van der Waals surface area contributed by atoms with E-state index < -0.39 is 11.4 Å². The average Bonchev–Trinajstić information content (AvgIpc) is 2.42. The molecule has 0 spiro atoms. The van der Waals surface area contributed by atoms with Crippen molar-refractivity contribution >= 4 is 12.2 Å². The maximum atomic E-state index is 11.4. The number of phenols is 2. The van der Waals surface area contributed by atoms with Crippen molar-refractivity contribution in [3.05, 3.63) is 23.8 Å². The first-order valence-electron chi connectivity index (χ1n) is 6.77. The molecular weight excluding hydrogens is 281 g/mol. The summed E-state index contributed by atoms with van der Waals surface area (Å²) in [6, 6.07) is 4.19. The summed E-state index contributed by atoms with van der Waals surface area (Å²) in [6.45, 7) is 0.162. The molecule has 5 nitrogen and oxygen atoms in total. The number of aliphatic imine (C=N–C) groups is 1. The van der Waals surface area contributed by atoms with Gasteiger partial charge in [0, 0.05) is 35.8 Å². The van der Waals surface area contributed by atoms with E-state index in [0.29, 0.717) is 18.4 Å². The molecule has 1 aliphatic rings. The van der Waals surface area contributed by atoms with Crippen LogP contribution in [0.3, 0.4) is 0 Å². The number of carbonyl (C=O) groups is 1. The Morgan fingerprint density at radius 2 is 1.95 bits per heavy atom. The number of hydrogen-bond acceptors (Lipinski definition) is 5. The second-order valence-corrected chi connectivity index (χ2v) is 5.34. The third-order valence-corrected chi connectivity index (χ3v) is 3.88. The van der Waals surface area contributed by atoms with Crippen molar-refractivity contribution in [1.29, 1.82) is 0 Å². The SMILES string of the molecule is O=C([O-])C1(CN=Cc2ccc(O)cc2O)CCCCC1.[Na+]. The van der Waals surface area contributed by atoms with Crippen LogP contribution in [0.1, 0.15) is 37.7 Å². The fourth-order valence-corrected chi connectivity index (χ4v) is 2.62. The molecule has 1 fully saturated rings. The fraction of sp³-hybridized carbons (Fsp3) is 0.467. The molecule has 0 radical (unpaired) electrons. The third kappa shape index (κ3) is 4.46. The topological polar surface area (TPSA) is 93.0 Å². The molecule has 0 aliphatic heterocycles. The van der Waals surface area contributed by atoms with Gasteiger partial charge in [-0.05, 0) is 25.0 Å². The van der Waals surface area contributed by atoms with Crippen molar-refractivity contribution < 1.29 is 49.7 Å². The maximum Gasteiger partial charge on any atom is 1.00 e. The Bertz CT molecular complexity index is 524. The van der Waals surface area contributed by atoms with Crippen molar-refractivity contribution in [2.45, 2.75) is 32.1 Å². The van der Waals surface area contributed by atoms with Crippen LogP contribution in [0.4, 0.5) is 0 Å². The van der Waals surface area contributed by atoms with Crippen LogP contribution in [0.25, 0.3) is 0 Å². The minimum absolute atomic E-state index is 0. The zero-order valence-electron chi connectivity index (χ0n) is 12.2. The van der Waals surface area contributed by atoms with E-state index in [1.165, 1.54) is 24.4 Å². The van der Waals surface area contributed by atoms with Crippen LogP contribution in [0.15, 0.2) is 23.2 Å². The number of aromatic hydroxyl groups is 2. The fourth-order valence-electron chi connectivity index (χ4n) is 2.62. The number of hydrogen-bond donors (Lipinski definition) is 2. The molecule has 0 bridgehead atoms.